The van der Waals surface area contributed by atoms with Gasteiger partial charge in [0.2, 0.25) is 0 Å². The van der Waals surface area contributed by atoms with Crippen LogP contribution in [0, 0.1) is 23.2 Å². The summed E-state index contributed by atoms with van der Waals surface area (Å²) < 4.78 is 10.4. The van der Waals surface area contributed by atoms with Crippen LogP contribution in [0.1, 0.15) is 59.3 Å². The van der Waals surface area contributed by atoms with Crippen molar-refractivity contribution >= 4 is 12.1 Å². The average Bonchev–Trinajstić information content (AvgIpc) is 2.40. The van der Waals surface area contributed by atoms with E-state index in [1.54, 1.807) is 0 Å². The summed E-state index contributed by atoms with van der Waals surface area (Å²) in [6.07, 6.45) is 6.42. The lowest BCUT2D eigenvalue weighted by molar-refractivity contribution is -0.154. The molecule has 5 nitrogen and oxygen atoms in total. The number of methoxy groups -OCH3 is 1. The van der Waals surface area contributed by atoms with Gasteiger partial charge in [0.15, 0.2) is 0 Å². The summed E-state index contributed by atoms with van der Waals surface area (Å²) in [5, 5.41) is 2.85. The third-order valence-corrected chi connectivity index (χ3v) is 5.80. The van der Waals surface area contributed by atoms with E-state index in [1.165, 1.54) is 26.4 Å². The summed E-state index contributed by atoms with van der Waals surface area (Å²) in [7, 11) is 1.40. The minimum Gasteiger partial charge on any atom is -0.467 e. The maximum Gasteiger partial charge on any atom is 0.408 e. The topological polar surface area (TPSA) is 64.6 Å². The minimum absolute atomic E-state index is 0.140. The molecule has 0 heterocycles. The maximum atomic E-state index is 12.4. The summed E-state index contributed by atoms with van der Waals surface area (Å²) in [5.41, 5.74) is -0.717. The van der Waals surface area contributed by atoms with Crippen molar-refractivity contribution in [2.24, 2.45) is 23.2 Å². The number of amides is 1. The van der Waals surface area contributed by atoms with E-state index in [2.05, 4.69) is 5.32 Å². The van der Waals surface area contributed by atoms with Gasteiger partial charge in [-0.3, -0.25) is 0 Å². The Bertz CT molecular complexity index is 458. The summed E-state index contributed by atoms with van der Waals surface area (Å²) in [6, 6.07) is -0.587. The second kappa shape index (κ2) is 5.67. The lowest BCUT2D eigenvalue weighted by Crippen LogP contribution is -2.60. The van der Waals surface area contributed by atoms with Crippen LogP contribution in [0.3, 0.4) is 0 Å². The highest BCUT2D eigenvalue weighted by Gasteiger charge is 2.57. The van der Waals surface area contributed by atoms with E-state index in [9.17, 15) is 9.59 Å². The fourth-order valence-electron chi connectivity index (χ4n) is 5.54. The van der Waals surface area contributed by atoms with Crippen molar-refractivity contribution in [1.29, 1.82) is 0 Å². The first-order chi connectivity index (χ1) is 10.7. The minimum atomic E-state index is -0.587. The number of hydrogen-bond acceptors (Lipinski definition) is 4. The first-order valence-corrected chi connectivity index (χ1v) is 8.78. The Balaban J connectivity index is 1.79. The first kappa shape index (κ1) is 16.6. The standard InChI is InChI=1S/C18H29NO4/c1-17(2,3)23-16(21)19-14(15(20)22-4)18-8-11-5-12(9-18)7-13(6-11)10-18/h11-14H,5-10H2,1-4H3,(H,19,21)/t11?,12?,13?,14-,18?/m1/s1. The van der Waals surface area contributed by atoms with Gasteiger partial charge in [0, 0.05) is 5.41 Å². The SMILES string of the molecule is COC(=O)[C@@H](NC(=O)OC(C)(C)C)C12CC3CC(CC(C3)C1)C2. The number of carbonyl (C=O) groups excluding carboxylic acids is 2. The Morgan fingerprint density at radius 2 is 1.52 bits per heavy atom. The molecule has 0 saturated heterocycles. The highest BCUT2D eigenvalue weighted by molar-refractivity contribution is 5.82. The zero-order valence-electron chi connectivity index (χ0n) is 14.7. The second-order valence-electron chi connectivity index (χ2n) is 8.88. The number of esters is 1. The van der Waals surface area contributed by atoms with E-state index in [1.807, 2.05) is 20.8 Å². The molecular weight excluding hydrogens is 294 g/mol. The predicted octanol–water partition coefficient (Wildman–Crippen LogP) is 3.27. The molecule has 4 bridgehead atoms. The number of carbonyl (C=O) groups is 2. The van der Waals surface area contributed by atoms with E-state index in [4.69, 9.17) is 9.47 Å². The third kappa shape index (κ3) is 3.33. The van der Waals surface area contributed by atoms with Gasteiger partial charge >= 0.3 is 12.1 Å². The molecule has 4 aliphatic rings. The molecule has 0 aromatic heterocycles. The molecule has 0 aromatic rings. The lowest BCUT2D eigenvalue weighted by Gasteiger charge is -2.58. The van der Waals surface area contributed by atoms with Crippen LogP contribution >= 0.6 is 0 Å². The smallest absolute Gasteiger partial charge is 0.408 e. The molecular formula is C18H29NO4. The molecule has 1 atom stereocenters. The predicted molar refractivity (Wildman–Crippen MR) is 85.8 cm³/mol. The van der Waals surface area contributed by atoms with Crippen molar-refractivity contribution in [3.8, 4) is 0 Å². The van der Waals surface area contributed by atoms with Crippen LogP contribution in [0.4, 0.5) is 4.79 Å². The summed E-state index contributed by atoms with van der Waals surface area (Å²) in [4.78, 5) is 24.7. The fraction of sp³-hybridized carbons (Fsp3) is 0.889. The Kier molecular flexibility index (Phi) is 4.09. The number of ether oxygens (including phenoxy) is 2. The molecule has 0 unspecified atom stereocenters. The highest BCUT2D eigenvalue weighted by Crippen LogP contribution is 2.61. The highest BCUT2D eigenvalue weighted by atomic mass is 16.6. The van der Waals surface area contributed by atoms with Gasteiger partial charge in [-0.15, -0.1) is 0 Å². The average molecular weight is 323 g/mol. The molecule has 4 saturated carbocycles. The van der Waals surface area contributed by atoms with E-state index >= 15 is 0 Å². The van der Waals surface area contributed by atoms with Crippen molar-refractivity contribution in [2.45, 2.75) is 70.9 Å². The van der Waals surface area contributed by atoms with Crippen LogP contribution in [0.5, 0.6) is 0 Å². The molecule has 0 spiro atoms. The van der Waals surface area contributed by atoms with Gasteiger partial charge in [-0.2, -0.15) is 0 Å². The summed E-state index contributed by atoms with van der Waals surface area (Å²) in [5.74, 6) is 1.77. The molecule has 1 amide bonds. The van der Waals surface area contributed by atoms with Gasteiger partial charge in [0.05, 0.1) is 7.11 Å². The first-order valence-electron chi connectivity index (χ1n) is 8.78. The van der Waals surface area contributed by atoms with E-state index < -0.39 is 17.7 Å². The number of rotatable bonds is 3. The van der Waals surface area contributed by atoms with Crippen LogP contribution < -0.4 is 5.32 Å². The van der Waals surface area contributed by atoms with Gasteiger partial charge in [0.1, 0.15) is 11.6 Å². The second-order valence-corrected chi connectivity index (χ2v) is 8.88. The zero-order valence-corrected chi connectivity index (χ0v) is 14.7. The van der Waals surface area contributed by atoms with Crippen molar-refractivity contribution in [3.63, 3.8) is 0 Å². The van der Waals surface area contributed by atoms with Gasteiger partial charge in [-0.05, 0) is 77.0 Å². The van der Waals surface area contributed by atoms with Crippen molar-refractivity contribution in [3.05, 3.63) is 0 Å². The third-order valence-electron chi connectivity index (χ3n) is 5.80. The molecule has 130 valence electrons. The lowest BCUT2D eigenvalue weighted by atomic mass is 9.47. The van der Waals surface area contributed by atoms with Crippen LogP contribution in [0.2, 0.25) is 0 Å². The molecule has 0 aromatic carbocycles. The number of alkyl carbamates (subject to hydrolysis) is 1. The summed E-state index contributed by atoms with van der Waals surface area (Å²) in [6.45, 7) is 5.47. The Hall–Kier alpha value is -1.26. The van der Waals surface area contributed by atoms with E-state index in [-0.39, 0.29) is 11.4 Å². The monoisotopic (exact) mass is 323 g/mol. The molecule has 1 N–H and O–H groups in total. The van der Waals surface area contributed by atoms with Crippen LogP contribution in [0.15, 0.2) is 0 Å². The molecule has 4 aliphatic carbocycles. The number of nitrogens with one attached hydrogen (secondary N) is 1. The van der Waals surface area contributed by atoms with E-state index in [0.29, 0.717) is 17.8 Å². The van der Waals surface area contributed by atoms with Gasteiger partial charge < -0.3 is 14.8 Å². The van der Waals surface area contributed by atoms with E-state index in [0.717, 1.165) is 19.3 Å². The maximum absolute atomic E-state index is 12.4. The molecule has 0 aliphatic heterocycles. The van der Waals surface area contributed by atoms with Crippen LogP contribution in [-0.2, 0) is 14.3 Å². The van der Waals surface area contributed by atoms with Crippen molar-refractivity contribution < 1.29 is 19.1 Å². The Morgan fingerprint density at radius 1 is 1.04 bits per heavy atom. The summed E-state index contributed by atoms with van der Waals surface area (Å²) >= 11 is 0. The fourth-order valence-corrected chi connectivity index (χ4v) is 5.54. The van der Waals surface area contributed by atoms with Gasteiger partial charge in [-0.1, -0.05) is 0 Å². The number of hydrogen-bond donors (Lipinski definition) is 1. The Labute approximate surface area is 138 Å². The van der Waals surface area contributed by atoms with Crippen LogP contribution in [0.25, 0.3) is 0 Å². The molecule has 23 heavy (non-hydrogen) atoms. The van der Waals surface area contributed by atoms with Crippen LogP contribution in [-0.4, -0.2) is 30.8 Å². The van der Waals surface area contributed by atoms with Crippen molar-refractivity contribution in [1.82, 2.24) is 5.32 Å². The van der Waals surface area contributed by atoms with Crippen molar-refractivity contribution in [2.75, 3.05) is 7.11 Å². The van der Waals surface area contributed by atoms with Gasteiger partial charge in [-0.25, -0.2) is 9.59 Å². The molecule has 4 rings (SSSR count). The largest absolute Gasteiger partial charge is 0.467 e. The molecule has 5 heteroatoms. The Morgan fingerprint density at radius 3 is 1.91 bits per heavy atom. The van der Waals surface area contributed by atoms with Gasteiger partial charge in [0.25, 0.3) is 0 Å². The molecule has 0 radical (unpaired) electrons. The molecule has 4 fully saturated rings. The zero-order chi connectivity index (χ0) is 16.8. The quantitative estimate of drug-likeness (QED) is 0.810. The normalized spacial score (nSPS) is 36.4.